The van der Waals surface area contributed by atoms with Crippen LogP contribution in [0, 0.1) is 11.8 Å². The second kappa shape index (κ2) is 9.94. The number of alkyl halides is 1. The van der Waals surface area contributed by atoms with Crippen molar-refractivity contribution in [3.63, 3.8) is 0 Å². The topological polar surface area (TPSA) is 18.5 Å². The Balaban J connectivity index is 3.12. The van der Waals surface area contributed by atoms with E-state index in [1.165, 1.54) is 0 Å². The Hall–Kier alpha value is 0.400. The molecule has 0 aromatic carbocycles. The Kier molecular flexibility index (Phi) is 10.2. The molecule has 2 nitrogen and oxygen atoms in total. The molecule has 0 spiro atoms. The van der Waals surface area contributed by atoms with Crippen LogP contribution in [0.25, 0.3) is 0 Å². The zero-order valence-corrected chi connectivity index (χ0v) is 11.2. The Morgan fingerprint density at radius 3 is 2.07 bits per heavy atom. The smallest absolute Gasteiger partial charge is 0.0700 e. The van der Waals surface area contributed by atoms with E-state index in [4.69, 9.17) is 9.47 Å². The van der Waals surface area contributed by atoms with Gasteiger partial charge in [-0.2, -0.15) is 0 Å². The van der Waals surface area contributed by atoms with Gasteiger partial charge in [-0.15, -0.1) is 0 Å². The third-order valence-corrected chi connectivity index (χ3v) is 2.89. The van der Waals surface area contributed by atoms with Crippen LogP contribution in [-0.2, 0) is 9.47 Å². The minimum atomic E-state index is 0.612. The van der Waals surface area contributed by atoms with Crippen molar-refractivity contribution in [2.75, 3.05) is 31.8 Å². The van der Waals surface area contributed by atoms with Gasteiger partial charge in [-0.1, -0.05) is 43.1 Å². The molecule has 0 saturated carbocycles. The molecule has 86 valence electrons. The first-order valence-electron chi connectivity index (χ1n) is 5.42. The van der Waals surface area contributed by atoms with Gasteiger partial charge >= 0.3 is 0 Å². The van der Waals surface area contributed by atoms with E-state index in [1.807, 2.05) is 0 Å². The van der Waals surface area contributed by atoms with Gasteiger partial charge in [-0.05, 0) is 11.8 Å². The van der Waals surface area contributed by atoms with Crippen molar-refractivity contribution < 1.29 is 9.47 Å². The summed E-state index contributed by atoms with van der Waals surface area (Å²) in [5, 5.41) is 1.02. The van der Waals surface area contributed by atoms with Crippen molar-refractivity contribution >= 4 is 15.9 Å². The van der Waals surface area contributed by atoms with Crippen molar-refractivity contribution in [2.45, 2.75) is 27.2 Å². The van der Waals surface area contributed by atoms with E-state index >= 15 is 0 Å². The largest absolute Gasteiger partial charge is 0.379 e. The second-order valence-electron chi connectivity index (χ2n) is 3.97. The molecule has 0 rings (SSSR count). The lowest BCUT2D eigenvalue weighted by molar-refractivity contribution is 0.0276. The Bertz CT molecular complexity index is 114. The van der Waals surface area contributed by atoms with Crippen LogP contribution in [0.5, 0.6) is 0 Å². The summed E-state index contributed by atoms with van der Waals surface area (Å²) in [6, 6.07) is 0. The zero-order chi connectivity index (χ0) is 10.8. The number of hydrogen-bond donors (Lipinski definition) is 0. The van der Waals surface area contributed by atoms with Crippen LogP contribution in [0.4, 0.5) is 0 Å². The molecule has 0 saturated heterocycles. The van der Waals surface area contributed by atoms with Gasteiger partial charge in [0.1, 0.15) is 0 Å². The SMILES string of the molecule is CCC(CBr)COCCOCC(C)C. The standard InChI is InChI=1S/C11H23BrO2/c1-4-11(7-12)9-14-6-5-13-8-10(2)3/h10-11H,4-9H2,1-3H3. The lowest BCUT2D eigenvalue weighted by Gasteiger charge is -2.12. The zero-order valence-electron chi connectivity index (χ0n) is 9.59. The van der Waals surface area contributed by atoms with Crippen LogP contribution in [0.1, 0.15) is 27.2 Å². The molecule has 1 atom stereocenters. The molecule has 0 aromatic heterocycles. The minimum absolute atomic E-state index is 0.612. The van der Waals surface area contributed by atoms with Crippen molar-refractivity contribution in [1.82, 2.24) is 0 Å². The molecule has 0 aliphatic heterocycles. The monoisotopic (exact) mass is 266 g/mol. The fourth-order valence-electron chi connectivity index (χ4n) is 0.958. The van der Waals surface area contributed by atoms with Gasteiger partial charge in [0.05, 0.1) is 19.8 Å². The van der Waals surface area contributed by atoms with Gasteiger partial charge in [0.2, 0.25) is 0 Å². The maximum absolute atomic E-state index is 5.50. The van der Waals surface area contributed by atoms with Crippen molar-refractivity contribution in [3.05, 3.63) is 0 Å². The Morgan fingerprint density at radius 2 is 1.64 bits per heavy atom. The van der Waals surface area contributed by atoms with Gasteiger partial charge in [-0.25, -0.2) is 0 Å². The quantitative estimate of drug-likeness (QED) is 0.472. The highest BCUT2D eigenvalue weighted by atomic mass is 79.9. The summed E-state index contributed by atoms with van der Waals surface area (Å²) in [4.78, 5) is 0. The van der Waals surface area contributed by atoms with Gasteiger partial charge < -0.3 is 9.47 Å². The third-order valence-electron chi connectivity index (χ3n) is 1.97. The molecule has 0 bridgehead atoms. The van der Waals surface area contributed by atoms with E-state index in [2.05, 4.69) is 36.7 Å². The summed E-state index contributed by atoms with van der Waals surface area (Å²) in [7, 11) is 0. The van der Waals surface area contributed by atoms with Gasteiger partial charge in [0.15, 0.2) is 0 Å². The van der Waals surface area contributed by atoms with E-state index in [1.54, 1.807) is 0 Å². The lowest BCUT2D eigenvalue weighted by atomic mass is 10.1. The fourth-order valence-corrected chi connectivity index (χ4v) is 1.60. The predicted molar refractivity (Wildman–Crippen MR) is 64.1 cm³/mol. The highest BCUT2D eigenvalue weighted by Crippen LogP contribution is 2.06. The van der Waals surface area contributed by atoms with Crippen LogP contribution >= 0.6 is 15.9 Å². The summed E-state index contributed by atoms with van der Waals surface area (Å²) in [5.74, 6) is 1.25. The van der Waals surface area contributed by atoms with E-state index in [0.29, 0.717) is 11.8 Å². The maximum Gasteiger partial charge on any atom is 0.0700 e. The van der Waals surface area contributed by atoms with Crippen LogP contribution in [0.15, 0.2) is 0 Å². The lowest BCUT2D eigenvalue weighted by Crippen LogP contribution is -2.14. The predicted octanol–water partition coefficient (Wildman–Crippen LogP) is 3.10. The maximum atomic E-state index is 5.50. The van der Waals surface area contributed by atoms with Crippen LogP contribution in [-0.4, -0.2) is 31.8 Å². The van der Waals surface area contributed by atoms with Gasteiger partial charge in [-0.3, -0.25) is 0 Å². The molecule has 0 aliphatic carbocycles. The van der Waals surface area contributed by atoms with E-state index in [0.717, 1.165) is 38.2 Å². The van der Waals surface area contributed by atoms with Crippen molar-refractivity contribution in [1.29, 1.82) is 0 Å². The highest BCUT2D eigenvalue weighted by molar-refractivity contribution is 9.09. The number of halogens is 1. The molecule has 14 heavy (non-hydrogen) atoms. The summed E-state index contributed by atoms with van der Waals surface area (Å²) < 4.78 is 10.9. The minimum Gasteiger partial charge on any atom is -0.379 e. The normalized spacial score (nSPS) is 13.5. The molecule has 0 amide bonds. The molecule has 3 heteroatoms. The first kappa shape index (κ1) is 14.4. The molecular weight excluding hydrogens is 244 g/mol. The molecule has 1 unspecified atom stereocenters. The molecular formula is C11H23BrO2. The van der Waals surface area contributed by atoms with Gasteiger partial charge in [0, 0.05) is 11.9 Å². The number of hydrogen-bond acceptors (Lipinski definition) is 2. The van der Waals surface area contributed by atoms with Gasteiger partial charge in [0.25, 0.3) is 0 Å². The Labute approximate surface area is 96.5 Å². The van der Waals surface area contributed by atoms with Crippen molar-refractivity contribution in [3.8, 4) is 0 Å². The van der Waals surface area contributed by atoms with Crippen LogP contribution in [0.2, 0.25) is 0 Å². The Morgan fingerprint density at radius 1 is 1.07 bits per heavy atom. The molecule has 0 radical (unpaired) electrons. The third kappa shape index (κ3) is 8.97. The van der Waals surface area contributed by atoms with E-state index < -0.39 is 0 Å². The fraction of sp³-hybridized carbons (Fsp3) is 1.00. The average molecular weight is 267 g/mol. The average Bonchev–Trinajstić information content (AvgIpc) is 2.16. The molecule has 0 aromatic rings. The first-order chi connectivity index (χ1) is 6.70. The second-order valence-corrected chi connectivity index (χ2v) is 4.62. The molecule has 0 N–H and O–H groups in total. The van der Waals surface area contributed by atoms with E-state index in [-0.39, 0.29) is 0 Å². The van der Waals surface area contributed by atoms with Crippen LogP contribution in [0.3, 0.4) is 0 Å². The number of ether oxygens (including phenoxy) is 2. The summed E-state index contributed by atoms with van der Waals surface area (Å²) in [6.45, 7) is 9.60. The molecule has 0 heterocycles. The van der Waals surface area contributed by atoms with Crippen molar-refractivity contribution in [2.24, 2.45) is 11.8 Å². The summed E-state index contributed by atoms with van der Waals surface area (Å²) in [5.41, 5.74) is 0. The first-order valence-corrected chi connectivity index (χ1v) is 6.54. The molecule has 0 aliphatic rings. The highest BCUT2D eigenvalue weighted by Gasteiger charge is 2.03. The summed E-state index contributed by atoms with van der Waals surface area (Å²) in [6.07, 6.45) is 1.16. The van der Waals surface area contributed by atoms with Crippen LogP contribution < -0.4 is 0 Å². The number of rotatable bonds is 9. The van der Waals surface area contributed by atoms with E-state index in [9.17, 15) is 0 Å². The molecule has 0 fully saturated rings. The summed E-state index contributed by atoms with van der Waals surface area (Å²) >= 11 is 3.47.